The third-order valence-corrected chi connectivity index (χ3v) is 5.12. The Hall–Kier alpha value is -3.53. The SMILES string of the molecule is COc1ccc(/C=C/C(=O)OC(C)C(=O)Nc2cc(C(F)(F)F)ccc2N2CCOCC2)cc1. The second kappa shape index (κ2) is 11.1. The maximum Gasteiger partial charge on any atom is 0.416 e. The van der Waals surface area contributed by atoms with Crippen LogP contribution in [0.3, 0.4) is 0 Å². The first kappa shape index (κ1) is 25.1. The van der Waals surface area contributed by atoms with Crippen LogP contribution in [0.5, 0.6) is 5.75 Å². The number of methoxy groups -OCH3 is 1. The second-order valence-electron chi connectivity index (χ2n) is 7.50. The summed E-state index contributed by atoms with van der Waals surface area (Å²) >= 11 is 0. The Morgan fingerprint density at radius 2 is 1.79 bits per heavy atom. The van der Waals surface area contributed by atoms with E-state index in [-0.39, 0.29) is 5.69 Å². The number of carbonyl (C=O) groups excluding carboxylic acids is 2. The van der Waals surface area contributed by atoms with E-state index in [2.05, 4.69) is 5.32 Å². The molecular weight excluding hydrogens is 453 g/mol. The van der Waals surface area contributed by atoms with Gasteiger partial charge in [-0.2, -0.15) is 13.2 Å². The van der Waals surface area contributed by atoms with Gasteiger partial charge < -0.3 is 24.4 Å². The van der Waals surface area contributed by atoms with E-state index < -0.39 is 29.7 Å². The molecule has 3 rings (SSSR count). The van der Waals surface area contributed by atoms with Crippen molar-refractivity contribution in [1.82, 2.24) is 0 Å². The number of benzene rings is 2. The highest BCUT2D eigenvalue weighted by Crippen LogP contribution is 2.36. The van der Waals surface area contributed by atoms with Crippen molar-refractivity contribution in [1.29, 1.82) is 0 Å². The molecule has 10 heteroatoms. The molecule has 1 atom stereocenters. The van der Waals surface area contributed by atoms with Crippen LogP contribution in [-0.2, 0) is 25.2 Å². The third-order valence-electron chi connectivity index (χ3n) is 5.12. The van der Waals surface area contributed by atoms with Crippen LogP contribution in [0.25, 0.3) is 6.08 Å². The Balaban J connectivity index is 1.68. The number of hydrogen-bond donors (Lipinski definition) is 1. The van der Waals surface area contributed by atoms with Gasteiger partial charge in [0.15, 0.2) is 6.10 Å². The van der Waals surface area contributed by atoms with Crippen molar-refractivity contribution in [3.8, 4) is 5.75 Å². The largest absolute Gasteiger partial charge is 0.497 e. The number of ether oxygens (including phenoxy) is 3. The molecule has 1 unspecified atom stereocenters. The smallest absolute Gasteiger partial charge is 0.416 e. The summed E-state index contributed by atoms with van der Waals surface area (Å²) in [6, 6.07) is 10.1. The number of anilines is 2. The highest BCUT2D eigenvalue weighted by molar-refractivity contribution is 5.99. The summed E-state index contributed by atoms with van der Waals surface area (Å²) in [4.78, 5) is 26.6. The van der Waals surface area contributed by atoms with Gasteiger partial charge in [-0.1, -0.05) is 12.1 Å². The fourth-order valence-electron chi connectivity index (χ4n) is 3.27. The van der Waals surface area contributed by atoms with E-state index in [1.807, 2.05) is 4.90 Å². The molecule has 1 amide bonds. The number of nitrogens with one attached hydrogen (secondary N) is 1. The normalized spacial score (nSPS) is 15.1. The van der Waals surface area contributed by atoms with Gasteiger partial charge in [0.2, 0.25) is 0 Å². The molecule has 2 aromatic carbocycles. The maximum absolute atomic E-state index is 13.2. The summed E-state index contributed by atoms with van der Waals surface area (Å²) in [5, 5.41) is 2.48. The molecule has 1 aliphatic heterocycles. The van der Waals surface area contributed by atoms with E-state index in [0.29, 0.717) is 43.3 Å². The van der Waals surface area contributed by atoms with Crippen molar-refractivity contribution >= 4 is 29.3 Å². The lowest BCUT2D eigenvalue weighted by atomic mass is 10.1. The fraction of sp³-hybridized carbons (Fsp3) is 0.333. The zero-order chi connectivity index (χ0) is 24.7. The molecule has 1 aliphatic rings. The van der Waals surface area contributed by atoms with Crippen molar-refractivity contribution in [3.63, 3.8) is 0 Å². The van der Waals surface area contributed by atoms with Gasteiger partial charge in [0, 0.05) is 19.2 Å². The lowest BCUT2D eigenvalue weighted by molar-refractivity contribution is -0.148. The molecule has 2 aromatic rings. The van der Waals surface area contributed by atoms with Gasteiger partial charge in [0.05, 0.1) is 37.3 Å². The zero-order valence-corrected chi connectivity index (χ0v) is 18.7. The van der Waals surface area contributed by atoms with Crippen LogP contribution in [-0.4, -0.2) is 51.4 Å². The molecule has 0 radical (unpaired) electrons. The van der Waals surface area contributed by atoms with Gasteiger partial charge in [0.1, 0.15) is 5.75 Å². The molecule has 1 N–H and O–H groups in total. The lowest BCUT2D eigenvalue weighted by Crippen LogP contribution is -2.37. The van der Waals surface area contributed by atoms with Crippen molar-refractivity contribution in [3.05, 3.63) is 59.7 Å². The zero-order valence-electron chi connectivity index (χ0n) is 18.7. The molecule has 0 saturated carbocycles. The Morgan fingerprint density at radius 3 is 2.41 bits per heavy atom. The number of hydrogen-bond acceptors (Lipinski definition) is 6. The topological polar surface area (TPSA) is 77.1 Å². The van der Waals surface area contributed by atoms with Gasteiger partial charge in [-0.15, -0.1) is 0 Å². The molecule has 182 valence electrons. The molecule has 0 aliphatic carbocycles. The van der Waals surface area contributed by atoms with E-state index >= 15 is 0 Å². The van der Waals surface area contributed by atoms with Gasteiger partial charge in [-0.05, 0) is 48.9 Å². The number of amides is 1. The van der Waals surface area contributed by atoms with Crippen molar-refractivity contribution < 1.29 is 37.0 Å². The molecule has 0 spiro atoms. The summed E-state index contributed by atoms with van der Waals surface area (Å²) in [5.41, 5.74) is 0.238. The number of nitrogens with zero attached hydrogens (tertiary/aromatic N) is 1. The van der Waals surface area contributed by atoms with Crippen LogP contribution in [0.4, 0.5) is 24.5 Å². The van der Waals surface area contributed by atoms with Crippen LogP contribution in [0.2, 0.25) is 0 Å². The lowest BCUT2D eigenvalue weighted by Gasteiger charge is -2.31. The molecule has 0 aromatic heterocycles. The van der Waals surface area contributed by atoms with Crippen molar-refractivity contribution in [2.75, 3.05) is 43.6 Å². The molecular formula is C24H25F3N2O5. The summed E-state index contributed by atoms with van der Waals surface area (Å²) < 4.78 is 55.2. The van der Waals surface area contributed by atoms with E-state index in [4.69, 9.17) is 14.2 Å². The quantitative estimate of drug-likeness (QED) is 0.476. The Kier molecular flexibility index (Phi) is 8.17. The van der Waals surface area contributed by atoms with E-state index in [9.17, 15) is 22.8 Å². The fourth-order valence-corrected chi connectivity index (χ4v) is 3.27. The van der Waals surface area contributed by atoms with Crippen LogP contribution in [0.15, 0.2) is 48.5 Å². The van der Waals surface area contributed by atoms with Gasteiger partial charge in [-0.3, -0.25) is 4.79 Å². The Labute approximate surface area is 195 Å². The second-order valence-corrected chi connectivity index (χ2v) is 7.50. The van der Waals surface area contributed by atoms with Gasteiger partial charge in [0.25, 0.3) is 5.91 Å². The van der Waals surface area contributed by atoms with Gasteiger partial charge >= 0.3 is 12.1 Å². The minimum atomic E-state index is -4.58. The predicted octanol–water partition coefficient (Wildman–Crippen LogP) is 4.13. The first-order chi connectivity index (χ1) is 16.2. The minimum Gasteiger partial charge on any atom is -0.497 e. The number of esters is 1. The van der Waals surface area contributed by atoms with E-state index in [0.717, 1.165) is 18.2 Å². The van der Waals surface area contributed by atoms with Crippen LogP contribution < -0.4 is 15.0 Å². The van der Waals surface area contributed by atoms with Crippen LogP contribution in [0.1, 0.15) is 18.1 Å². The van der Waals surface area contributed by atoms with E-state index in [1.54, 1.807) is 24.3 Å². The first-order valence-corrected chi connectivity index (χ1v) is 10.5. The average molecular weight is 478 g/mol. The molecule has 0 bridgehead atoms. The number of rotatable bonds is 7. The van der Waals surface area contributed by atoms with Crippen molar-refractivity contribution in [2.24, 2.45) is 0 Å². The maximum atomic E-state index is 13.2. The van der Waals surface area contributed by atoms with Crippen molar-refractivity contribution in [2.45, 2.75) is 19.2 Å². The number of morpholine rings is 1. The number of alkyl halides is 3. The molecule has 1 fully saturated rings. The molecule has 7 nitrogen and oxygen atoms in total. The summed E-state index contributed by atoms with van der Waals surface area (Å²) in [6.07, 6.45) is -3.14. The van der Waals surface area contributed by atoms with Crippen LogP contribution in [0, 0.1) is 0 Å². The summed E-state index contributed by atoms with van der Waals surface area (Å²) in [6.45, 7) is 3.12. The summed E-state index contributed by atoms with van der Waals surface area (Å²) in [7, 11) is 1.54. The number of carbonyl (C=O) groups is 2. The molecule has 1 heterocycles. The van der Waals surface area contributed by atoms with Gasteiger partial charge in [-0.25, -0.2) is 4.79 Å². The Morgan fingerprint density at radius 1 is 1.12 bits per heavy atom. The first-order valence-electron chi connectivity index (χ1n) is 10.5. The highest BCUT2D eigenvalue weighted by atomic mass is 19.4. The molecule has 1 saturated heterocycles. The predicted molar refractivity (Wildman–Crippen MR) is 121 cm³/mol. The minimum absolute atomic E-state index is 0.0154. The standard InChI is InChI=1S/C24H25F3N2O5/c1-16(34-22(30)10-5-17-3-7-19(32-2)8-4-17)23(31)28-20-15-18(24(25,26)27)6-9-21(20)29-11-13-33-14-12-29/h3-10,15-16H,11-14H2,1-2H3,(H,28,31)/b10-5+. The monoisotopic (exact) mass is 478 g/mol. The van der Waals surface area contributed by atoms with E-state index in [1.165, 1.54) is 26.2 Å². The Bertz CT molecular complexity index is 1030. The summed E-state index contributed by atoms with van der Waals surface area (Å²) in [5.74, 6) is -0.855. The number of halogens is 3. The highest BCUT2D eigenvalue weighted by Gasteiger charge is 2.32. The third kappa shape index (κ3) is 6.74. The van der Waals surface area contributed by atoms with Crippen LogP contribution >= 0.6 is 0 Å². The molecule has 34 heavy (non-hydrogen) atoms. The average Bonchev–Trinajstić information content (AvgIpc) is 2.83.